The van der Waals surface area contributed by atoms with Crippen LogP contribution in [0.2, 0.25) is 0 Å². The minimum absolute atomic E-state index is 0.368. The fraction of sp³-hybridized carbons (Fsp3) is 0.167. The Kier molecular flexibility index (Phi) is 6.41. The quantitative estimate of drug-likeness (QED) is 0.122. The second kappa shape index (κ2) is 10.9. The van der Waals surface area contributed by atoms with E-state index in [1.54, 1.807) is 0 Å². The summed E-state index contributed by atoms with van der Waals surface area (Å²) >= 11 is 0. The predicted molar refractivity (Wildman–Crippen MR) is 194 cm³/mol. The Labute approximate surface area is 269 Å². The minimum Gasteiger partial charge on any atom is -0.383 e. The van der Waals surface area contributed by atoms with Crippen LogP contribution in [0.25, 0.3) is 43.7 Å². The van der Waals surface area contributed by atoms with Crippen LogP contribution in [0.3, 0.4) is 0 Å². The van der Waals surface area contributed by atoms with Crippen LogP contribution in [0, 0.1) is 0 Å². The Hall–Kier alpha value is -5.35. The molecule has 3 unspecified atom stereocenters. The van der Waals surface area contributed by atoms with Crippen molar-refractivity contribution in [3.8, 4) is 11.1 Å². The van der Waals surface area contributed by atoms with Gasteiger partial charge in [0.25, 0.3) is 0 Å². The molecule has 2 aliphatic carbocycles. The van der Waals surface area contributed by atoms with Crippen molar-refractivity contribution in [3.63, 3.8) is 0 Å². The molecule has 0 saturated heterocycles. The lowest BCUT2D eigenvalue weighted by Crippen LogP contribution is -2.41. The predicted octanol–water partition coefficient (Wildman–Crippen LogP) is 9.48. The standard InChI is InChI=1S/C42H36N4/c43-42(29-12-3-1-4-13-29)44-27-45-40-26-31(20-22-35(40)36-23-19-28-11-7-8-16-33(28)41(36)45)30-21-24-39-37(25-30)34-17-9-10-18-38(34)46(39)32-14-5-2-6-15-32/h1,3-5,7-14,16-26,32,34,38H,2,6,15,27H2,(H2,43,44). The summed E-state index contributed by atoms with van der Waals surface area (Å²) < 4.78 is 2.35. The van der Waals surface area contributed by atoms with E-state index in [0.717, 1.165) is 5.56 Å². The lowest BCUT2D eigenvalue weighted by Gasteiger charge is -2.36. The summed E-state index contributed by atoms with van der Waals surface area (Å²) in [4.78, 5) is 7.59. The van der Waals surface area contributed by atoms with E-state index in [0.29, 0.717) is 30.5 Å². The molecule has 46 heavy (non-hydrogen) atoms. The van der Waals surface area contributed by atoms with Gasteiger partial charge in [0.2, 0.25) is 0 Å². The molecule has 6 aromatic rings. The Bertz CT molecular complexity index is 2250. The average Bonchev–Trinajstić information content (AvgIpc) is 3.63. The lowest BCUT2D eigenvalue weighted by molar-refractivity contribution is 0.552. The summed E-state index contributed by atoms with van der Waals surface area (Å²) in [7, 11) is 0. The van der Waals surface area contributed by atoms with Gasteiger partial charge in [0.05, 0.1) is 17.1 Å². The van der Waals surface area contributed by atoms with E-state index < -0.39 is 0 Å². The van der Waals surface area contributed by atoms with Crippen molar-refractivity contribution in [2.24, 2.45) is 10.7 Å². The van der Waals surface area contributed by atoms with Crippen LogP contribution in [0.4, 0.5) is 5.69 Å². The van der Waals surface area contributed by atoms with Crippen molar-refractivity contribution in [2.45, 2.75) is 43.9 Å². The van der Waals surface area contributed by atoms with Gasteiger partial charge in [-0.3, -0.25) is 0 Å². The van der Waals surface area contributed by atoms with E-state index in [1.807, 2.05) is 30.3 Å². The molecule has 2 N–H and O–H groups in total. The molecule has 3 aliphatic rings. The zero-order valence-corrected chi connectivity index (χ0v) is 25.8. The average molecular weight is 597 g/mol. The minimum atomic E-state index is 0.368. The maximum Gasteiger partial charge on any atom is 0.127 e. The molecule has 0 radical (unpaired) electrons. The number of hydrogen-bond acceptors (Lipinski definition) is 2. The van der Waals surface area contributed by atoms with Crippen LogP contribution in [0.1, 0.15) is 36.3 Å². The molecule has 1 aromatic heterocycles. The number of benzene rings is 5. The highest BCUT2D eigenvalue weighted by molar-refractivity contribution is 6.18. The van der Waals surface area contributed by atoms with Crippen molar-refractivity contribution in [2.75, 3.05) is 4.90 Å². The van der Waals surface area contributed by atoms with Crippen LogP contribution >= 0.6 is 0 Å². The van der Waals surface area contributed by atoms with Gasteiger partial charge >= 0.3 is 0 Å². The van der Waals surface area contributed by atoms with Gasteiger partial charge < -0.3 is 15.2 Å². The molecule has 3 atom stereocenters. The SMILES string of the molecule is NC(=NCn1c2cc(-c3ccc4c(c3)C3C=CC=CC3N4C3C=CCCC3)ccc2c2ccc3ccccc3c21)c1ccccc1. The molecule has 4 heteroatoms. The summed E-state index contributed by atoms with van der Waals surface area (Å²) in [6.07, 6.45) is 17.7. The second-order valence-corrected chi connectivity index (χ2v) is 12.8. The number of aromatic nitrogens is 1. The number of hydrogen-bond donors (Lipinski definition) is 1. The monoisotopic (exact) mass is 596 g/mol. The maximum absolute atomic E-state index is 6.52. The highest BCUT2D eigenvalue weighted by Gasteiger charge is 2.39. The second-order valence-electron chi connectivity index (χ2n) is 12.8. The van der Waals surface area contributed by atoms with Crippen LogP contribution in [0.5, 0.6) is 0 Å². The molecule has 0 saturated carbocycles. The number of nitrogens with zero attached hydrogens (tertiary/aromatic N) is 3. The molecule has 0 spiro atoms. The maximum atomic E-state index is 6.52. The zero-order chi connectivity index (χ0) is 30.6. The molecule has 0 amide bonds. The fourth-order valence-corrected chi connectivity index (χ4v) is 8.01. The first-order valence-corrected chi connectivity index (χ1v) is 16.5. The molecule has 1 aliphatic heterocycles. The molecule has 4 nitrogen and oxygen atoms in total. The van der Waals surface area contributed by atoms with Crippen molar-refractivity contribution in [1.29, 1.82) is 0 Å². The van der Waals surface area contributed by atoms with Crippen molar-refractivity contribution < 1.29 is 0 Å². The summed E-state index contributed by atoms with van der Waals surface area (Å²) in [5.41, 5.74) is 15.1. The third-order valence-electron chi connectivity index (χ3n) is 10.2. The van der Waals surface area contributed by atoms with Gasteiger partial charge in [-0.2, -0.15) is 0 Å². The van der Waals surface area contributed by atoms with E-state index in [9.17, 15) is 0 Å². The van der Waals surface area contributed by atoms with Gasteiger partial charge in [-0.1, -0.05) is 121 Å². The number of amidine groups is 1. The van der Waals surface area contributed by atoms with Gasteiger partial charge in [0.1, 0.15) is 12.5 Å². The zero-order valence-electron chi connectivity index (χ0n) is 25.8. The Balaban J connectivity index is 1.19. The van der Waals surface area contributed by atoms with Crippen LogP contribution < -0.4 is 10.6 Å². The number of fused-ring (bicyclic) bond motifs is 8. The van der Waals surface area contributed by atoms with E-state index in [4.69, 9.17) is 10.7 Å². The van der Waals surface area contributed by atoms with E-state index in [1.165, 1.54) is 74.2 Å². The molecule has 2 heterocycles. The summed E-state index contributed by atoms with van der Waals surface area (Å²) in [6, 6.07) is 38.0. The first kappa shape index (κ1) is 27.0. The van der Waals surface area contributed by atoms with Crippen LogP contribution in [-0.2, 0) is 6.67 Å². The van der Waals surface area contributed by atoms with E-state index in [2.05, 4.69) is 119 Å². The van der Waals surface area contributed by atoms with Crippen molar-refractivity contribution >= 4 is 44.1 Å². The molecule has 0 bridgehead atoms. The fourth-order valence-electron chi connectivity index (χ4n) is 8.01. The van der Waals surface area contributed by atoms with Gasteiger partial charge in [-0.05, 0) is 59.5 Å². The molecule has 9 rings (SSSR count). The first-order valence-electron chi connectivity index (χ1n) is 16.5. The van der Waals surface area contributed by atoms with Gasteiger partial charge in [-0.25, -0.2) is 4.99 Å². The molecule has 5 aromatic carbocycles. The Morgan fingerprint density at radius 2 is 1.57 bits per heavy atom. The Morgan fingerprint density at radius 3 is 2.46 bits per heavy atom. The van der Waals surface area contributed by atoms with E-state index in [-0.39, 0.29) is 0 Å². The lowest BCUT2D eigenvalue weighted by atomic mass is 9.89. The third kappa shape index (κ3) is 4.32. The van der Waals surface area contributed by atoms with Crippen molar-refractivity contribution in [3.05, 3.63) is 151 Å². The summed E-state index contributed by atoms with van der Waals surface area (Å²) in [5, 5.41) is 4.92. The molecular formula is C42H36N4. The van der Waals surface area contributed by atoms with Gasteiger partial charge in [-0.15, -0.1) is 0 Å². The van der Waals surface area contributed by atoms with Crippen LogP contribution in [-0.4, -0.2) is 22.5 Å². The van der Waals surface area contributed by atoms with Gasteiger partial charge in [0, 0.05) is 39.4 Å². The topological polar surface area (TPSA) is 46.5 Å². The highest BCUT2D eigenvalue weighted by Crippen LogP contribution is 2.47. The molecular weight excluding hydrogens is 560 g/mol. The summed E-state index contributed by atoms with van der Waals surface area (Å²) in [5.74, 6) is 0.916. The highest BCUT2D eigenvalue weighted by atomic mass is 15.2. The largest absolute Gasteiger partial charge is 0.383 e. The number of anilines is 1. The number of nitrogens with two attached hydrogens (primary N) is 1. The number of aliphatic imine (C=N–C) groups is 1. The van der Waals surface area contributed by atoms with Gasteiger partial charge in [0.15, 0.2) is 0 Å². The summed E-state index contributed by atoms with van der Waals surface area (Å²) in [6.45, 7) is 0.438. The van der Waals surface area contributed by atoms with Crippen LogP contribution in [0.15, 0.2) is 145 Å². The molecule has 224 valence electrons. The Morgan fingerprint density at radius 1 is 0.761 bits per heavy atom. The van der Waals surface area contributed by atoms with E-state index >= 15 is 0 Å². The molecule has 0 fully saturated rings. The first-order chi connectivity index (χ1) is 22.7. The third-order valence-corrected chi connectivity index (χ3v) is 10.2. The van der Waals surface area contributed by atoms with Crippen molar-refractivity contribution in [1.82, 2.24) is 4.57 Å². The normalized spacial score (nSPS) is 20.6. The smallest absolute Gasteiger partial charge is 0.127 e. The number of rotatable bonds is 5. The number of allylic oxidation sites excluding steroid dienone is 3.